The summed E-state index contributed by atoms with van der Waals surface area (Å²) < 4.78 is 4.25. The molecule has 5 nitrogen and oxygen atoms in total. The Kier molecular flexibility index (Phi) is 4.23. The van der Waals surface area contributed by atoms with E-state index in [1.807, 2.05) is 6.07 Å². The van der Waals surface area contributed by atoms with Crippen molar-refractivity contribution in [2.45, 2.75) is 40.5 Å². The number of fused-ring (bicyclic) bond motifs is 2. The lowest BCUT2D eigenvalue weighted by molar-refractivity contribution is -0.663. The molecule has 3 aromatic heterocycles. The van der Waals surface area contributed by atoms with Gasteiger partial charge in [0.2, 0.25) is 0 Å². The van der Waals surface area contributed by atoms with Crippen molar-refractivity contribution in [3.63, 3.8) is 0 Å². The van der Waals surface area contributed by atoms with E-state index in [2.05, 4.69) is 83.5 Å². The summed E-state index contributed by atoms with van der Waals surface area (Å²) in [4.78, 5) is 0. The van der Waals surface area contributed by atoms with E-state index in [1.54, 1.807) is 0 Å². The number of H-pyrrole nitrogens is 1. The summed E-state index contributed by atoms with van der Waals surface area (Å²) in [6, 6.07) is 12.6. The second-order valence-corrected chi connectivity index (χ2v) is 7.85. The third kappa shape index (κ3) is 2.98. The van der Waals surface area contributed by atoms with Gasteiger partial charge in [0.05, 0.1) is 23.8 Å². The maximum absolute atomic E-state index is 4.84. The summed E-state index contributed by atoms with van der Waals surface area (Å²) in [5.74, 6) is 2.33. The maximum atomic E-state index is 4.84. The normalized spacial score (nSPS) is 12.1. The van der Waals surface area contributed by atoms with Crippen molar-refractivity contribution in [1.82, 2.24) is 19.7 Å². The van der Waals surface area contributed by atoms with Crippen molar-refractivity contribution in [3.8, 4) is 5.69 Å². The summed E-state index contributed by atoms with van der Waals surface area (Å²) >= 11 is 0. The fraction of sp³-hybridized carbons (Fsp3) is 0.381. The van der Waals surface area contributed by atoms with Gasteiger partial charge in [0, 0.05) is 17.5 Å². The Morgan fingerprint density at radius 1 is 1.04 bits per heavy atom. The fourth-order valence-corrected chi connectivity index (χ4v) is 3.49. The standard InChI is InChI=1S/C21H26N5/c1-14(2)11-18-17-9-8-16(13-19(17)23-22-18)26-21(12-15(3)4)25-10-6-5-7-20(25)24-26/h5-10,13-15H,11-12H2,1-4H3,(H,22,23)/q+1. The molecule has 0 aliphatic rings. The highest BCUT2D eigenvalue weighted by atomic mass is 15.4. The Morgan fingerprint density at radius 3 is 2.62 bits per heavy atom. The van der Waals surface area contributed by atoms with Gasteiger partial charge < -0.3 is 0 Å². The van der Waals surface area contributed by atoms with Gasteiger partial charge in [-0.15, -0.1) is 0 Å². The molecule has 1 N–H and O–H groups in total. The predicted molar refractivity (Wildman–Crippen MR) is 103 cm³/mol. The molecule has 4 aromatic rings. The highest BCUT2D eigenvalue weighted by Gasteiger charge is 2.23. The van der Waals surface area contributed by atoms with Crippen molar-refractivity contribution >= 4 is 16.6 Å². The predicted octanol–water partition coefficient (Wildman–Crippen LogP) is 3.88. The number of nitrogens with zero attached hydrogens (tertiary/aromatic N) is 4. The fourth-order valence-electron chi connectivity index (χ4n) is 3.49. The Labute approximate surface area is 153 Å². The van der Waals surface area contributed by atoms with E-state index in [0.717, 1.165) is 35.4 Å². The van der Waals surface area contributed by atoms with Crippen LogP contribution in [0.2, 0.25) is 0 Å². The van der Waals surface area contributed by atoms with Gasteiger partial charge in [0.1, 0.15) is 0 Å². The van der Waals surface area contributed by atoms with Gasteiger partial charge in [-0.1, -0.05) is 38.4 Å². The molecule has 0 atom stereocenters. The second kappa shape index (κ2) is 6.56. The topological polar surface area (TPSA) is 49.9 Å². The SMILES string of the molecule is CC(C)Cc1n[nH]c2cc(-[n+]3nc4ccccn4c3CC(C)C)ccc12. The molecule has 0 aliphatic heterocycles. The molecular weight excluding hydrogens is 322 g/mol. The van der Waals surface area contributed by atoms with Crippen LogP contribution in [0, 0.1) is 11.8 Å². The molecule has 5 heteroatoms. The van der Waals surface area contributed by atoms with Gasteiger partial charge in [-0.2, -0.15) is 9.50 Å². The molecule has 1 aromatic carbocycles. The Hall–Kier alpha value is -2.69. The minimum atomic E-state index is 0.551. The minimum Gasteiger partial charge on any atom is -0.277 e. The third-order valence-electron chi connectivity index (χ3n) is 4.63. The zero-order chi connectivity index (χ0) is 18.3. The lowest BCUT2D eigenvalue weighted by Crippen LogP contribution is -2.38. The number of nitrogens with one attached hydrogen (secondary N) is 1. The van der Waals surface area contributed by atoms with Crippen molar-refractivity contribution in [3.05, 3.63) is 54.1 Å². The van der Waals surface area contributed by atoms with Gasteiger partial charge in [0.25, 0.3) is 11.5 Å². The summed E-state index contributed by atoms with van der Waals surface area (Å²) in [5.41, 5.74) is 4.24. The summed E-state index contributed by atoms with van der Waals surface area (Å²) in [6.45, 7) is 8.92. The molecule has 26 heavy (non-hydrogen) atoms. The van der Waals surface area contributed by atoms with Crippen LogP contribution in [0.3, 0.4) is 0 Å². The molecule has 0 radical (unpaired) electrons. The van der Waals surface area contributed by atoms with E-state index in [0.29, 0.717) is 11.8 Å². The first kappa shape index (κ1) is 16.8. The molecule has 0 spiro atoms. The first-order chi connectivity index (χ1) is 12.5. The lowest BCUT2D eigenvalue weighted by Gasteiger charge is -2.03. The minimum absolute atomic E-state index is 0.551. The Balaban J connectivity index is 1.84. The van der Waals surface area contributed by atoms with E-state index >= 15 is 0 Å². The van der Waals surface area contributed by atoms with Crippen LogP contribution in [0.5, 0.6) is 0 Å². The van der Waals surface area contributed by atoms with E-state index in [-0.39, 0.29) is 0 Å². The number of pyridine rings is 1. The summed E-state index contributed by atoms with van der Waals surface area (Å²) in [6.07, 6.45) is 4.04. The van der Waals surface area contributed by atoms with Crippen LogP contribution in [0.1, 0.15) is 39.2 Å². The van der Waals surface area contributed by atoms with Crippen LogP contribution in [0.25, 0.3) is 22.2 Å². The van der Waals surface area contributed by atoms with Crippen LogP contribution >= 0.6 is 0 Å². The zero-order valence-electron chi connectivity index (χ0n) is 15.9. The maximum Gasteiger partial charge on any atom is 0.289 e. The molecule has 0 saturated carbocycles. The molecule has 0 amide bonds. The van der Waals surface area contributed by atoms with Gasteiger partial charge in [-0.05, 0) is 41.6 Å². The van der Waals surface area contributed by atoms with E-state index in [1.165, 1.54) is 11.2 Å². The highest BCUT2D eigenvalue weighted by Crippen LogP contribution is 2.21. The average molecular weight is 348 g/mol. The molecule has 3 heterocycles. The number of benzene rings is 1. The van der Waals surface area contributed by atoms with Gasteiger partial charge in [-0.25, -0.2) is 0 Å². The Morgan fingerprint density at radius 2 is 1.85 bits per heavy atom. The largest absolute Gasteiger partial charge is 0.289 e. The number of rotatable bonds is 5. The number of hydrogen-bond donors (Lipinski definition) is 1. The van der Waals surface area contributed by atoms with Crippen molar-refractivity contribution in [2.75, 3.05) is 0 Å². The number of hydrogen-bond acceptors (Lipinski definition) is 2. The molecule has 0 bridgehead atoms. The number of aromatic amines is 1. The lowest BCUT2D eigenvalue weighted by atomic mass is 10.0. The summed E-state index contributed by atoms with van der Waals surface area (Å²) in [7, 11) is 0. The highest BCUT2D eigenvalue weighted by molar-refractivity contribution is 5.82. The summed E-state index contributed by atoms with van der Waals surface area (Å²) in [5, 5.41) is 13.8. The van der Waals surface area contributed by atoms with Crippen molar-refractivity contribution in [1.29, 1.82) is 0 Å². The average Bonchev–Trinajstić information content (AvgIpc) is 3.16. The van der Waals surface area contributed by atoms with Crippen LogP contribution in [0.15, 0.2) is 42.6 Å². The van der Waals surface area contributed by atoms with Crippen molar-refractivity contribution < 1.29 is 4.68 Å². The first-order valence-corrected chi connectivity index (χ1v) is 9.38. The molecule has 4 rings (SSSR count). The van der Waals surface area contributed by atoms with Gasteiger partial charge >= 0.3 is 0 Å². The molecule has 0 saturated heterocycles. The second-order valence-electron chi connectivity index (χ2n) is 7.85. The number of aromatic nitrogens is 5. The van der Waals surface area contributed by atoms with E-state index in [9.17, 15) is 0 Å². The van der Waals surface area contributed by atoms with Crippen LogP contribution < -0.4 is 4.68 Å². The monoisotopic (exact) mass is 348 g/mol. The van der Waals surface area contributed by atoms with Gasteiger partial charge in [-0.3, -0.25) is 5.10 Å². The smallest absolute Gasteiger partial charge is 0.277 e. The van der Waals surface area contributed by atoms with E-state index in [4.69, 9.17) is 5.10 Å². The van der Waals surface area contributed by atoms with Crippen LogP contribution in [-0.2, 0) is 12.8 Å². The molecule has 0 fully saturated rings. The molecular formula is C21H26N5+. The molecule has 134 valence electrons. The molecule has 0 unspecified atom stereocenters. The van der Waals surface area contributed by atoms with Crippen LogP contribution in [0.4, 0.5) is 0 Å². The van der Waals surface area contributed by atoms with E-state index < -0.39 is 0 Å². The quantitative estimate of drug-likeness (QED) is 0.556. The van der Waals surface area contributed by atoms with Crippen LogP contribution in [-0.4, -0.2) is 19.7 Å². The molecule has 0 aliphatic carbocycles. The third-order valence-corrected chi connectivity index (χ3v) is 4.63. The first-order valence-electron chi connectivity index (χ1n) is 9.38. The Bertz CT molecular complexity index is 1050. The van der Waals surface area contributed by atoms with Gasteiger partial charge in [0.15, 0.2) is 5.69 Å². The zero-order valence-corrected chi connectivity index (χ0v) is 15.9. The van der Waals surface area contributed by atoms with Crippen molar-refractivity contribution in [2.24, 2.45) is 11.8 Å².